The van der Waals surface area contributed by atoms with Crippen LogP contribution in [0.1, 0.15) is 20.3 Å². The molecule has 0 aliphatic carbocycles. The number of ether oxygens (including phenoxy) is 1. The molecular formula is C18H20F2N4O2. The Balaban J connectivity index is 1.71. The van der Waals surface area contributed by atoms with Crippen molar-refractivity contribution in [2.75, 3.05) is 24.5 Å². The maximum absolute atomic E-state index is 13.3. The van der Waals surface area contributed by atoms with Crippen LogP contribution in [-0.2, 0) is 4.79 Å². The van der Waals surface area contributed by atoms with Crippen molar-refractivity contribution in [2.24, 2.45) is 0 Å². The predicted molar refractivity (Wildman–Crippen MR) is 92.1 cm³/mol. The molecule has 0 bridgehead atoms. The third-order valence-electron chi connectivity index (χ3n) is 4.32. The number of piperazine rings is 1. The zero-order chi connectivity index (χ0) is 18.7. The number of carbonyl (C=O) groups excluding carboxylic acids is 1. The van der Waals surface area contributed by atoms with Crippen LogP contribution in [0.15, 0.2) is 30.6 Å². The van der Waals surface area contributed by atoms with Crippen LogP contribution in [-0.4, -0.2) is 46.5 Å². The maximum Gasteiger partial charge on any atom is 0.224 e. The summed E-state index contributed by atoms with van der Waals surface area (Å²) in [7, 11) is 0. The number of rotatable bonds is 4. The highest BCUT2D eigenvalue weighted by molar-refractivity contribution is 5.76. The summed E-state index contributed by atoms with van der Waals surface area (Å²) in [6.07, 6.45) is 1.85. The van der Waals surface area contributed by atoms with Gasteiger partial charge in [0.15, 0.2) is 11.6 Å². The van der Waals surface area contributed by atoms with Crippen LogP contribution in [0.4, 0.5) is 14.6 Å². The van der Waals surface area contributed by atoms with Crippen molar-refractivity contribution in [1.29, 1.82) is 0 Å². The summed E-state index contributed by atoms with van der Waals surface area (Å²) in [6, 6.07) is 5.01. The molecule has 8 heteroatoms. The zero-order valence-corrected chi connectivity index (χ0v) is 14.7. The van der Waals surface area contributed by atoms with E-state index in [0.29, 0.717) is 31.9 Å². The van der Waals surface area contributed by atoms with Gasteiger partial charge >= 0.3 is 0 Å². The fraction of sp³-hybridized carbons (Fsp3) is 0.389. The van der Waals surface area contributed by atoms with Gasteiger partial charge in [0.05, 0.1) is 0 Å². The summed E-state index contributed by atoms with van der Waals surface area (Å²) in [5.74, 6) is -0.729. The van der Waals surface area contributed by atoms with E-state index >= 15 is 0 Å². The van der Waals surface area contributed by atoms with Crippen molar-refractivity contribution in [3.63, 3.8) is 0 Å². The molecule has 0 spiro atoms. The summed E-state index contributed by atoms with van der Waals surface area (Å²) in [5.41, 5.74) is 0. The van der Waals surface area contributed by atoms with Gasteiger partial charge in [-0.1, -0.05) is 6.92 Å². The number of anilines is 1. The highest BCUT2D eigenvalue weighted by Crippen LogP contribution is 2.25. The molecule has 3 rings (SSSR count). The maximum atomic E-state index is 13.3. The number of benzene rings is 1. The predicted octanol–water partition coefficient (Wildman–Crippen LogP) is 2.99. The van der Waals surface area contributed by atoms with Gasteiger partial charge in [0.25, 0.3) is 0 Å². The lowest BCUT2D eigenvalue weighted by Gasteiger charge is -2.40. The Morgan fingerprint density at radius 2 is 2.04 bits per heavy atom. The summed E-state index contributed by atoms with van der Waals surface area (Å²) in [5, 5.41) is 0. The number of aromatic nitrogens is 2. The minimum absolute atomic E-state index is 0.0710. The lowest BCUT2D eigenvalue weighted by Crippen LogP contribution is -2.54. The van der Waals surface area contributed by atoms with Gasteiger partial charge in [-0.25, -0.2) is 18.7 Å². The first-order valence-electron chi connectivity index (χ1n) is 8.47. The summed E-state index contributed by atoms with van der Waals surface area (Å²) < 4.78 is 31.8. The normalized spacial score (nSPS) is 17.3. The number of halogens is 2. The highest BCUT2D eigenvalue weighted by Gasteiger charge is 2.27. The summed E-state index contributed by atoms with van der Waals surface area (Å²) in [4.78, 5) is 24.1. The molecule has 0 saturated carbocycles. The second-order valence-corrected chi connectivity index (χ2v) is 6.13. The Kier molecular flexibility index (Phi) is 5.29. The molecule has 2 aromatic rings. The van der Waals surface area contributed by atoms with Crippen molar-refractivity contribution in [2.45, 2.75) is 26.3 Å². The number of amides is 1. The first-order valence-corrected chi connectivity index (χ1v) is 8.47. The second-order valence-electron chi connectivity index (χ2n) is 6.13. The van der Waals surface area contributed by atoms with Gasteiger partial charge in [-0.2, -0.15) is 0 Å². The first-order chi connectivity index (χ1) is 12.5. The van der Waals surface area contributed by atoms with Gasteiger partial charge in [0, 0.05) is 44.2 Å². The molecule has 0 radical (unpaired) electrons. The number of carbonyl (C=O) groups is 1. The molecule has 0 unspecified atom stereocenters. The van der Waals surface area contributed by atoms with E-state index < -0.39 is 11.6 Å². The van der Waals surface area contributed by atoms with Gasteiger partial charge in [0.2, 0.25) is 11.8 Å². The molecule has 1 saturated heterocycles. The van der Waals surface area contributed by atoms with Crippen LogP contribution in [0.25, 0.3) is 0 Å². The summed E-state index contributed by atoms with van der Waals surface area (Å²) >= 11 is 0. The average Bonchev–Trinajstić information content (AvgIpc) is 2.64. The van der Waals surface area contributed by atoms with Crippen molar-refractivity contribution < 1.29 is 18.3 Å². The Bertz CT molecular complexity index is 803. The van der Waals surface area contributed by atoms with Crippen molar-refractivity contribution >= 4 is 11.7 Å². The molecule has 26 heavy (non-hydrogen) atoms. The van der Waals surface area contributed by atoms with E-state index in [9.17, 15) is 13.6 Å². The van der Waals surface area contributed by atoms with E-state index in [1.54, 1.807) is 6.07 Å². The third-order valence-corrected chi connectivity index (χ3v) is 4.32. The van der Waals surface area contributed by atoms with Gasteiger partial charge < -0.3 is 14.5 Å². The third kappa shape index (κ3) is 3.89. The molecule has 0 N–H and O–H groups in total. The molecule has 2 heterocycles. The van der Waals surface area contributed by atoms with E-state index in [2.05, 4.69) is 9.97 Å². The average molecular weight is 362 g/mol. The van der Waals surface area contributed by atoms with E-state index in [-0.39, 0.29) is 23.6 Å². The fourth-order valence-corrected chi connectivity index (χ4v) is 2.96. The van der Waals surface area contributed by atoms with E-state index in [1.165, 1.54) is 12.4 Å². The lowest BCUT2D eigenvalue weighted by atomic mass is 10.1. The van der Waals surface area contributed by atoms with Gasteiger partial charge in [-0.15, -0.1) is 0 Å². The zero-order valence-electron chi connectivity index (χ0n) is 14.7. The summed E-state index contributed by atoms with van der Waals surface area (Å²) in [6.45, 7) is 5.77. The van der Waals surface area contributed by atoms with Crippen LogP contribution in [0.3, 0.4) is 0 Å². The van der Waals surface area contributed by atoms with Crippen molar-refractivity contribution in [1.82, 2.24) is 14.9 Å². The van der Waals surface area contributed by atoms with Crippen molar-refractivity contribution in [3.8, 4) is 11.6 Å². The molecule has 1 aromatic carbocycles. The van der Waals surface area contributed by atoms with Crippen LogP contribution in [0.5, 0.6) is 11.6 Å². The molecule has 1 amide bonds. The Labute approximate surface area is 150 Å². The molecule has 1 aliphatic heterocycles. The molecule has 1 fully saturated rings. The molecule has 1 atom stereocenters. The quantitative estimate of drug-likeness (QED) is 0.837. The monoisotopic (exact) mass is 362 g/mol. The second kappa shape index (κ2) is 7.63. The molecule has 6 nitrogen and oxygen atoms in total. The molecule has 138 valence electrons. The molecular weight excluding hydrogens is 342 g/mol. The topological polar surface area (TPSA) is 58.6 Å². The minimum Gasteiger partial charge on any atom is -0.439 e. The van der Waals surface area contributed by atoms with E-state index in [0.717, 1.165) is 12.1 Å². The lowest BCUT2D eigenvalue weighted by molar-refractivity contribution is -0.133. The Morgan fingerprint density at radius 3 is 2.73 bits per heavy atom. The highest BCUT2D eigenvalue weighted by atomic mass is 19.2. The van der Waals surface area contributed by atoms with Gasteiger partial charge in [-0.05, 0) is 19.1 Å². The SMILES string of the molecule is CCC(=O)N1CCN(c2cc(Oc3ccc(F)c(F)c3)ncn2)C[C@@H]1C. The van der Waals surface area contributed by atoms with Crippen molar-refractivity contribution in [3.05, 3.63) is 42.2 Å². The Hall–Kier alpha value is -2.77. The first kappa shape index (κ1) is 18.0. The Morgan fingerprint density at radius 1 is 1.23 bits per heavy atom. The van der Waals surface area contributed by atoms with E-state index in [4.69, 9.17) is 4.74 Å². The standard InChI is InChI=1S/C18H20F2N4O2/c1-3-18(25)24-7-6-23(10-12(24)2)16-9-17(22-11-21-16)26-13-4-5-14(19)15(20)8-13/h4-5,8-9,11-12H,3,6-7,10H2,1-2H3/t12-/m0/s1. The fourth-order valence-electron chi connectivity index (χ4n) is 2.96. The van der Waals surface area contributed by atoms with Gasteiger partial charge in [0.1, 0.15) is 17.9 Å². The number of hydrogen-bond acceptors (Lipinski definition) is 5. The largest absolute Gasteiger partial charge is 0.439 e. The van der Waals surface area contributed by atoms with Crippen LogP contribution in [0.2, 0.25) is 0 Å². The molecule has 1 aromatic heterocycles. The minimum atomic E-state index is -0.984. The van der Waals surface area contributed by atoms with Crippen LogP contribution >= 0.6 is 0 Å². The number of hydrogen-bond donors (Lipinski definition) is 0. The smallest absolute Gasteiger partial charge is 0.224 e. The molecule has 1 aliphatic rings. The van der Waals surface area contributed by atoms with Crippen LogP contribution < -0.4 is 9.64 Å². The van der Waals surface area contributed by atoms with Gasteiger partial charge in [-0.3, -0.25) is 4.79 Å². The van der Waals surface area contributed by atoms with Crippen LogP contribution in [0, 0.1) is 11.6 Å². The van der Waals surface area contributed by atoms with E-state index in [1.807, 2.05) is 23.6 Å². The number of nitrogens with zero attached hydrogens (tertiary/aromatic N) is 4.